The lowest BCUT2D eigenvalue weighted by molar-refractivity contribution is -0.385. The van der Waals surface area contributed by atoms with Gasteiger partial charge in [-0.25, -0.2) is 36.7 Å². The van der Waals surface area contributed by atoms with Crippen molar-refractivity contribution >= 4 is 143 Å². The van der Waals surface area contributed by atoms with Gasteiger partial charge in [-0.2, -0.15) is 5.26 Å². The second kappa shape index (κ2) is 45.1. The molecule has 2 amide bonds. The maximum atomic E-state index is 15.3. The molecule has 147 heavy (non-hydrogen) atoms. The molecule has 5 aliphatic carbocycles. The monoisotopic (exact) mass is 2110 g/mol. The van der Waals surface area contributed by atoms with Crippen molar-refractivity contribution in [2.75, 3.05) is 5.73 Å². The number of hydrogen-bond donors (Lipinski definition) is 3. The van der Waals surface area contributed by atoms with E-state index in [1.165, 1.54) is 106 Å². The van der Waals surface area contributed by atoms with Crippen molar-refractivity contribution < 1.29 is 84.4 Å². The maximum absolute atomic E-state index is 15.3. The van der Waals surface area contributed by atoms with Crippen LogP contribution in [0.1, 0.15) is 293 Å². The average molecular weight is 2110 g/mol. The molecule has 6 aromatic carbocycles. The van der Waals surface area contributed by atoms with Gasteiger partial charge in [-0.3, -0.25) is 79.6 Å². The van der Waals surface area contributed by atoms with Crippen LogP contribution in [0, 0.1) is 70.8 Å². The number of halogens is 5. The molecule has 5 aliphatic heterocycles. The van der Waals surface area contributed by atoms with Crippen molar-refractivity contribution in [3.63, 3.8) is 0 Å². The quantitative estimate of drug-likeness (QED) is 0.0137. The first-order chi connectivity index (χ1) is 68.9. The highest BCUT2D eigenvalue weighted by Crippen LogP contribution is 2.58. The number of esters is 3. The normalized spacial score (nSPS) is 21.2. The number of nitriles is 1. The minimum absolute atomic E-state index is 0.00907. The summed E-state index contributed by atoms with van der Waals surface area (Å²) in [6, 6.07) is 33.5. The highest BCUT2D eigenvalue weighted by Gasteiger charge is 2.49. The second-order valence-electron chi connectivity index (χ2n) is 41.2. The number of allylic oxidation sites excluding steroid dienone is 5. The zero-order chi connectivity index (χ0) is 107. The summed E-state index contributed by atoms with van der Waals surface area (Å²) in [6.07, 6.45) is 13.7. The molecule has 6 heterocycles. The molecule has 5 unspecified atom stereocenters. The van der Waals surface area contributed by atoms with Gasteiger partial charge in [0.25, 0.3) is 23.0 Å². The number of ether oxygens (including phenoxy) is 4. The Labute approximate surface area is 870 Å². The van der Waals surface area contributed by atoms with Gasteiger partial charge in [0.15, 0.2) is 16.1 Å². The standard InChI is InChI=1S/C27H27FN4O3S.C21H18FN3O3S.2C20H23FN2O4S.C20H25FN2O2S/c1-26(2,3)35-25(34)31-24-32-27(4,18-6-5-7-23(18)36-24)19-12-16(8-10-20(19)28)13-22(33)21-11-9-17(14-29)15-30-21;1-21(16-12-14(25(27)28)10-11-17(16)22)15-8-5-9-18(15)29-20(24-21)23-19(26)13-6-3-2-4-7-13;2*1-19(2,3)27-18(24)11-17-22-20(4,13-6-5-7-16(13)28-17)14-10-12(23(25)26)8-9-15(14)21;1-19(2,3)25-18(24)11-17-23-20(4,13-6-5-7-16(13)26-17)14-10-12(22)8-9-15(14)21/h8-12,15H,5-7,13H2,1-4H3,(H,31,32,34);2-4,6-7,10-12H,5,8-9H2,1H3,(H,23,24,26);2*8-10H,5-7,11H2,1-4H3;8-10H,5-7,11,22H2,1-4H3. The van der Waals surface area contributed by atoms with Crippen LogP contribution < -0.4 is 16.4 Å². The summed E-state index contributed by atoms with van der Waals surface area (Å²) in [6.45, 7) is 30.7. The van der Waals surface area contributed by atoms with Gasteiger partial charge >= 0.3 is 24.0 Å². The minimum Gasteiger partial charge on any atom is -0.460 e. The molecule has 4 N–H and O–H groups in total. The maximum Gasteiger partial charge on any atom is 0.413 e. The van der Waals surface area contributed by atoms with Crippen molar-refractivity contribution in [1.82, 2.24) is 15.6 Å². The van der Waals surface area contributed by atoms with Crippen molar-refractivity contribution in [3.05, 3.63) is 302 Å². The van der Waals surface area contributed by atoms with Gasteiger partial charge in [0.2, 0.25) is 0 Å². The van der Waals surface area contributed by atoms with Crippen molar-refractivity contribution in [3.8, 4) is 6.07 Å². The molecule has 774 valence electrons. The lowest BCUT2D eigenvalue weighted by Crippen LogP contribution is -2.38. The number of carbonyl (C=O) groups is 6. The number of thioether (sulfide) groups is 5. The summed E-state index contributed by atoms with van der Waals surface area (Å²) in [5.74, 6) is -4.06. The molecule has 39 heteroatoms. The van der Waals surface area contributed by atoms with Gasteiger partial charge in [-0.15, -0.1) is 0 Å². The highest BCUT2D eigenvalue weighted by atomic mass is 32.2. The summed E-state index contributed by atoms with van der Waals surface area (Å²) < 4.78 is 95.7. The Balaban J connectivity index is 0.000000154. The average Bonchev–Trinajstić information content (AvgIpc) is 1.70. The van der Waals surface area contributed by atoms with Gasteiger partial charge in [0, 0.05) is 88.1 Å². The van der Waals surface area contributed by atoms with E-state index in [1.54, 1.807) is 138 Å². The lowest BCUT2D eigenvalue weighted by atomic mass is 9.82. The number of rotatable bonds is 18. The Hall–Kier alpha value is -12.8. The van der Waals surface area contributed by atoms with Gasteiger partial charge < -0.3 is 30.0 Å². The predicted octanol–water partition coefficient (Wildman–Crippen LogP) is 26.2. The van der Waals surface area contributed by atoms with E-state index in [0.717, 1.165) is 180 Å². The molecule has 7 aromatic rings. The summed E-state index contributed by atoms with van der Waals surface area (Å²) in [5.41, 5.74) is 6.43. The number of nitrogen functional groups attached to an aromatic ring is 1. The number of carbonyl (C=O) groups excluding carboxylic acids is 6. The number of amidine groups is 2. The molecule has 0 saturated carbocycles. The number of anilines is 1. The Bertz CT molecular complexity index is 6720. The number of hydrogen-bond acceptors (Lipinski definition) is 29. The van der Waals surface area contributed by atoms with Crippen LogP contribution >= 0.6 is 58.8 Å². The lowest BCUT2D eigenvalue weighted by Gasteiger charge is -2.34. The van der Waals surface area contributed by atoms with Gasteiger partial charge in [-0.1, -0.05) is 83.1 Å². The van der Waals surface area contributed by atoms with E-state index >= 15 is 4.39 Å². The van der Waals surface area contributed by atoms with E-state index in [-0.39, 0.29) is 88.6 Å². The minimum atomic E-state index is -1.10. The number of Topliss-reactive ketones (excluding diaryl/α,β-unsaturated/α-hetero) is 1. The third-order valence-corrected chi connectivity index (χ3v) is 31.0. The fraction of sp³-hybridized carbons (Fsp3) is 0.417. The molecule has 0 fully saturated rings. The Morgan fingerprint density at radius 3 is 1.05 bits per heavy atom. The van der Waals surface area contributed by atoms with Crippen molar-refractivity contribution in [2.24, 2.45) is 25.0 Å². The molecule has 10 aliphatic rings. The van der Waals surface area contributed by atoms with Crippen LogP contribution in [-0.4, -0.2) is 103 Å². The molecule has 17 rings (SSSR count). The van der Waals surface area contributed by atoms with Crippen LogP contribution in [0.3, 0.4) is 0 Å². The molecular formula is C108H116F5N13O16S5. The van der Waals surface area contributed by atoms with E-state index in [0.29, 0.717) is 59.0 Å². The number of non-ortho nitro benzene ring substituents is 3. The molecule has 0 spiro atoms. The first-order valence-electron chi connectivity index (χ1n) is 48.0. The Morgan fingerprint density at radius 2 is 0.721 bits per heavy atom. The van der Waals surface area contributed by atoms with Crippen molar-refractivity contribution in [2.45, 2.75) is 290 Å². The summed E-state index contributed by atoms with van der Waals surface area (Å²) in [4.78, 5) is 140. The smallest absolute Gasteiger partial charge is 0.413 e. The second-order valence-corrected chi connectivity index (χ2v) is 46.9. The zero-order valence-corrected chi connectivity index (χ0v) is 88.8. The number of aliphatic imine (C=N–C) groups is 5. The van der Waals surface area contributed by atoms with Crippen LogP contribution in [-0.2, 0) is 67.4 Å². The topological polar surface area (TPSA) is 417 Å². The number of ketones is 1. The first kappa shape index (κ1) is 111. The third kappa shape index (κ3) is 27.1. The van der Waals surface area contributed by atoms with Crippen LogP contribution in [0.5, 0.6) is 0 Å². The largest absolute Gasteiger partial charge is 0.460 e. The Morgan fingerprint density at radius 1 is 0.401 bits per heavy atom. The number of nitro benzene ring substituents is 3. The number of nitro groups is 3. The zero-order valence-electron chi connectivity index (χ0n) is 84.7. The van der Waals surface area contributed by atoms with Crippen molar-refractivity contribution in [1.29, 1.82) is 5.26 Å². The van der Waals surface area contributed by atoms with E-state index in [2.05, 4.69) is 20.6 Å². The van der Waals surface area contributed by atoms with E-state index in [1.807, 2.05) is 46.8 Å². The number of pyridine rings is 1. The van der Waals surface area contributed by atoms with Crippen LogP contribution in [0.25, 0.3) is 0 Å². The van der Waals surface area contributed by atoms with E-state index in [4.69, 9.17) is 49.9 Å². The number of nitrogens with zero attached hydrogens (tertiary/aromatic N) is 10. The fourth-order valence-electron chi connectivity index (χ4n) is 19.0. The molecule has 5 atom stereocenters. The first-order valence-corrected chi connectivity index (χ1v) is 52.1. The number of benzene rings is 6. The number of amides is 2. The Kier molecular flexibility index (Phi) is 34.2. The molecule has 0 radical (unpaired) electrons. The van der Waals surface area contributed by atoms with Gasteiger partial charge in [0.05, 0.1) is 54.7 Å². The summed E-state index contributed by atoms with van der Waals surface area (Å²) in [7, 11) is 0. The number of alkyl carbamates (subject to hydrolysis) is 1. The van der Waals surface area contributed by atoms with Gasteiger partial charge in [-0.05, 0) is 345 Å². The number of nitrogens with one attached hydrogen (secondary N) is 2. The van der Waals surface area contributed by atoms with Crippen LogP contribution in [0.4, 0.5) is 49.5 Å². The third-order valence-electron chi connectivity index (χ3n) is 25.3. The molecule has 0 saturated heterocycles. The van der Waals surface area contributed by atoms with Crippen LogP contribution in [0.2, 0.25) is 0 Å². The summed E-state index contributed by atoms with van der Waals surface area (Å²) in [5, 5.41) is 50.6. The fourth-order valence-corrected chi connectivity index (χ4v) is 25.6. The molecule has 0 bridgehead atoms. The predicted molar refractivity (Wildman–Crippen MR) is 564 cm³/mol. The van der Waals surface area contributed by atoms with Gasteiger partial charge in [0.1, 0.15) is 90.9 Å². The summed E-state index contributed by atoms with van der Waals surface area (Å²) >= 11 is 7.19. The van der Waals surface area contributed by atoms with E-state index < -0.39 is 106 Å². The van der Waals surface area contributed by atoms with E-state index in [9.17, 15) is 76.7 Å². The SMILES string of the molecule is CC(C)(C)OC(=O)CC1=NC(C)(c2cc(N)ccc2F)C2=C(CCC2)S1.CC(C)(C)OC(=O)CC1=NC(C)(c2cc([N+](=O)[O-])ccc2F)C2=C(CCC2)S1.CC(C)(C)OC(=O)CC1=NC(C)(c2cc([N+](=O)[O-])ccc2F)C2=C(CCC2)S1.CC(C)(C)OC(=O)NC1=NC(C)(c2cc(CC(=O)c3ccc(C#N)cn3)ccc2F)C2=C(CCC2)S1.CC1(c2cc([N+](=O)[O-])ccc2F)N=C(NC(=O)c2ccccc2)SC2=C1CCC2. The molecule has 1 aromatic heterocycles. The number of aromatic nitrogens is 1. The molecular weight excluding hydrogens is 1990 g/mol. The number of nitrogens with two attached hydrogens (primary N) is 1. The highest BCUT2D eigenvalue weighted by molar-refractivity contribution is 8.18. The molecule has 29 nitrogen and oxygen atoms in total. The van der Waals surface area contributed by atoms with Crippen LogP contribution in [0.15, 0.2) is 217 Å².